The summed E-state index contributed by atoms with van der Waals surface area (Å²) in [6.07, 6.45) is -7.11. The molecule has 1 fully saturated rings. The van der Waals surface area contributed by atoms with Gasteiger partial charge in [-0.15, -0.1) is 11.3 Å². The number of sulfone groups is 1. The van der Waals surface area contributed by atoms with Crippen LogP contribution in [0.25, 0.3) is 21.2 Å². The van der Waals surface area contributed by atoms with Crippen LogP contribution >= 0.6 is 11.3 Å². The normalized spacial score (nSPS) is 17.5. The first-order chi connectivity index (χ1) is 23.4. The van der Waals surface area contributed by atoms with Gasteiger partial charge in [-0.3, -0.25) is 4.79 Å². The second-order valence-corrected chi connectivity index (χ2v) is 14.6. The lowest BCUT2D eigenvalue weighted by molar-refractivity contribution is -0.140. The number of hydrogen-bond acceptors (Lipinski definition) is 9. The van der Waals surface area contributed by atoms with Crippen LogP contribution in [0.15, 0.2) is 67.0 Å². The Labute approximate surface area is 282 Å². The SMILES string of the molecule is COc1ccc(-c2cnc(C3(O)CCS(=O)(=O)C3)nc2)cc1Nc1c(C(=O)Nc2ccc(F)c(C(F)(F)F)c2)sc2cc(C(F)(F)F)ccc12. The number of aliphatic hydroxyl groups is 1. The number of methoxy groups -OCH3 is 1. The Morgan fingerprint density at radius 3 is 2.30 bits per heavy atom. The van der Waals surface area contributed by atoms with Crippen LogP contribution in [-0.2, 0) is 27.8 Å². The van der Waals surface area contributed by atoms with Gasteiger partial charge in [-0.2, -0.15) is 26.3 Å². The Morgan fingerprint density at radius 2 is 1.68 bits per heavy atom. The van der Waals surface area contributed by atoms with E-state index in [-0.39, 0.29) is 50.1 Å². The third kappa shape index (κ3) is 6.95. The summed E-state index contributed by atoms with van der Waals surface area (Å²) >= 11 is 0.643. The summed E-state index contributed by atoms with van der Waals surface area (Å²) in [5.41, 5.74) is -3.67. The van der Waals surface area contributed by atoms with Gasteiger partial charge in [0.05, 0.1) is 41.1 Å². The summed E-state index contributed by atoms with van der Waals surface area (Å²) in [7, 11) is -2.12. The molecule has 0 bridgehead atoms. The Hall–Kier alpha value is -4.81. The molecule has 1 amide bonds. The molecular formula is C32H23F7N4O5S2. The molecule has 9 nitrogen and oxygen atoms in total. The molecule has 3 heterocycles. The van der Waals surface area contributed by atoms with Crippen molar-refractivity contribution in [1.29, 1.82) is 0 Å². The molecule has 3 N–H and O–H groups in total. The number of alkyl halides is 6. The first kappa shape index (κ1) is 35.0. The first-order valence-electron chi connectivity index (χ1n) is 14.4. The molecule has 1 atom stereocenters. The molecule has 262 valence electrons. The van der Waals surface area contributed by atoms with E-state index < -0.39 is 62.1 Å². The Balaban J connectivity index is 1.39. The second kappa shape index (κ2) is 12.5. The number of aromatic nitrogens is 2. The van der Waals surface area contributed by atoms with Crippen LogP contribution in [0.4, 0.5) is 47.8 Å². The van der Waals surface area contributed by atoms with E-state index in [2.05, 4.69) is 20.6 Å². The average molecular weight is 741 g/mol. The number of hydrogen-bond donors (Lipinski definition) is 3. The molecule has 1 aliphatic rings. The molecule has 0 spiro atoms. The zero-order chi connectivity index (χ0) is 36.2. The molecule has 2 aromatic heterocycles. The number of amides is 1. The lowest BCUT2D eigenvalue weighted by atomic mass is 10.0. The van der Waals surface area contributed by atoms with E-state index in [0.717, 1.165) is 24.3 Å². The molecule has 5 aromatic rings. The highest BCUT2D eigenvalue weighted by molar-refractivity contribution is 7.91. The molecule has 0 aliphatic carbocycles. The molecule has 0 radical (unpaired) electrons. The molecule has 1 unspecified atom stereocenters. The summed E-state index contributed by atoms with van der Waals surface area (Å²) in [6.45, 7) is 0. The van der Waals surface area contributed by atoms with Gasteiger partial charge in [0.1, 0.15) is 22.0 Å². The summed E-state index contributed by atoms with van der Waals surface area (Å²) < 4.78 is 124. The first-order valence-corrected chi connectivity index (χ1v) is 17.0. The summed E-state index contributed by atoms with van der Waals surface area (Å²) in [4.78, 5) is 21.7. The summed E-state index contributed by atoms with van der Waals surface area (Å²) in [5.74, 6) is -3.13. The van der Waals surface area contributed by atoms with Gasteiger partial charge in [-0.25, -0.2) is 22.8 Å². The fourth-order valence-corrected chi connectivity index (χ4v) is 8.30. The molecule has 18 heteroatoms. The van der Waals surface area contributed by atoms with Gasteiger partial charge in [-0.05, 0) is 54.4 Å². The number of rotatable bonds is 7. The maximum Gasteiger partial charge on any atom is 0.419 e. The Morgan fingerprint density at radius 1 is 0.960 bits per heavy atom. The fourth-order valence-electron chi connectivity index (χ4n) is 5.41. The largest absolute Gasteiger partial charge is 0.495 e. The van der Waals surface area contributed by atoms with E-state index in [0.29, 0.717) is 34.6 Å². The highest BCUT2D eigenvalue weighted by atomic mass is 32.2. The highest BCUT2D eigenvalue weighted by Gasteiger charge is 2.44. The van der Waals surface area contributed by atoms with E-state index in [1.54, 1.807) is 12.1 Å². The van der Waals surface area contributed by atoms with Gasteiger partial charge in [0.2, 0.25) is 0 Å². The van der Waals surface area contributed by atoms with Crippen molar-refractivity contribution in [3.8, 4) is 16.9 Å². The monoisotopic (exact) mass is 740 g/mol. The van der Waals surface area contributed by atoms with Gasteiger partial charge < -0.3 is 20.5 Å². The van der Waals surface area contributed by atoms with Crippen molar-refractivity contribution in [3.05, 3.63) is 94.6 Å². The number of fused-ring (bicyclic) bond motifs is 1. The number of nitrogens with zero attached hydrogens (tertiary/aromatic N) is 2. The maximum absolute atomic E-state index is 13.9. The molecule has 0 saturated carbocycles. The zero-order valence-corrected chi connectivity index (χ0v) is 27.0. The molecule has 1 aliphatic heterocycles. The fraction of sp³-hybridized carbons (Fsp3) is 0.219. The third-order valence-electron chi connectivity index (χ3n) is 7.90. The van der Waals surface area contributed by atoms with Crippen molar-refractivity contribution in [3.63, 3.8) is 0 Å². The van der Waals surface area contributed by atoms with Crippen LogP contribution in [-0.4, -0.2) is 48.0 Å². The minimum absolute atomic E-state index is 0.00101. The predicted octanol–water partition coefficient (Wildman–Crippen LogP) is 7.55. The van der Waals surface area contributed by atoms with Crippen LogP contribution in [0.3, 0.4) is 0 Å². The number of ether oxygens (including phenoxy) is 1. The van der Waals surface area contributed by atoms with Crippen molar-refractivity contribution in [2.45, 2.75) is 24.4 Å². The standard InChI is InChI=1S/C32H23F7N4O5S2/c1-48-24-7-2-16(17-13-40-29(41-14-17)30(45)8-9-50(46,47)15-30)10-23(24)43-26-20-5-3-18(31(34,35)36)11-25(20)49-27(26)28(44)42-19-4-6-22(33)21(12-19)32(37,38)39/h2-7,10-14,43,45H,8-9,15H2,1H3,(H,42,44). The van der Waals surface area contributed by atoms with E-state index in [1.165, 1.54) is 25.6 Å². The van der Waals surface area contributed by atoms with E-state index >= 15 is 0 Å². The maximum atomic E-state index is 13.9. The van der Waals surface area contributed by atoms with Crippen LogP contribution in [0.2, 0.25) is 0 Å². The van der Waals surface area contributed by atoms with Crippen molar-refractivity contribution in [2.24, 2.45) is 0 Å². The summed E-state index contributed by atoms with van der Waals surface area (Å²) in [5, 5.41) is 16.3. The number of nitrogens with one attached hydrogen (secondary N) is 2. The third-order valence-corrected chi connectivity index (χ3v) is 10.8. The number of anilines is 3. The lowest BCUT2D eigenvalue weighted by Crippen LogP contribution is -2.29. The van der Waals surface area contributed by atoms with Gasteiger partial charge in [0.15, 0.2) is 15.7 Å². The Bertz CT molecular complexity index is 2240. The van der Waals surface area contributed by atoms with Crippen LogP contribution < -0.4 is 15.4 Å². The highest BCUT2D eigenvalue weighted by Crippen LogP contribution is 2.43. The number of carbonyl (C=O) groups excluding carboxylic acids is 1. The van der Waals surface area contributed by atoms with Crippen molar-refractivity contribution < 1.29 is 53.8 Å². The zero-order valence-electron chi connectivity index (χ0n) is 25.4. The van der Waals surface area contributed by atoms with E-state index in [1.807, 2.05) is 0 Å². The van der Waals surface area contributed by atoms with Crippen molar-refractivity contribution >= 4 is 54.2 Å². The van der Waals surface area contributed by atoms with Gasteiger partial charge in [-0.1, -0.05) is 12.1 Å². The van der Waals surface area contributed by atoms with Crippen molar-refractivity contribution in [2.75, 3.05) is 29.2 Å². The van der Waals surface area contributed by atoms with Gasteiger partial charge in [0.25, 0.3) is 5.91 Å². The second-order valence-electron chi connectivity index (χ2n) is 11.4. The number of halogens is 7. The minimum atomic E-state index is -5.06. The van der Waals surface area contributed by atoms with Gasteiger partial charge in [0, 0.05) is 33.7 Å². The van der Waals surface area contributed by atoms with E-state index in [4.69, 9.17) is 4.74 Å². The topological polar surface area (TPSA) is 131 Å². The number of benzene rings is 3. The number of carbonyl (C=O) groups is 1. The van der Waals surface area contributed by atoms with E-state index in [9.17, 15) is 49.1 Å². The van der Waals surface area contributed by atoms with Crippen molar-refractivity contribution in [1.82, 2.24) is 9.97 Å². The molecular weight excluding hydrogens is 717 g/mol. The van der Waals surface area contributed by atoms with Crippen LogP contribution in [0.1, 0.15) is 33.0 Å². The Kier molecular flexibility index (Phi) is 8.76. The summed E-state index contributed by atoms with van der Waals surface area (Å²) in [6, 6.07) is 9.34. The molecule has 1 saturated heterocycles. The molecule has 6 rings (SSSR count). The average Bonchev–Trinajstić information content (AvgIpc) is 3.56. The van der Waals surface area contributed by atoms with Crippen LogP contribution in [0.5, 0.6) is 5.75 Å². The van der Waals surface area contributed by atoms with Crippen LogP contribution in [0, 0.1) is 5.82 Å². The van der Waals surface area contributed by atoms with Gasteiger partial charge >= 0.3 is 12.4 Å². The smallest absolute Gasteiger partial charge is 0.419 e. The molecule has 3 aromatic carbocycles. The predicted molar refractivity (Wildman–Crippen MR) is 171 cm³/mol. The number of thiophene rings is 1. The quantitative estimate of drug-likeness (QED) is 0.146. The minimum Gasteiger partial charge on any atom is -0.495 e. The lowest BCUT2D eigenvalue weighted by Gasteiger charge is -2.19. The molecule has 50 heavy (non-hydrogen) atoms.